The fourth-order valence-corrected chi connectivity index (χ4v) is 4.17. The topological polar surface area (TPSA) is 67.3 Å². The molecule has 0 bridgehead atoms. The van der Waals surface area contributed by atoms with Crippen LogP contribution in [0.5, 0.6) is 5.75 Å². The molecule has 1 aliphatic rings. The molecule has 1 fully saturated rings. The average Bonchev–Trinajstić information content (AvgIpc) is 3.15. The van der Waals surface area contributed by atoms with Crippen molar-refractivity contribution in [3.63, 3.8) is 0 Å². The molecule has 146 valence electrons. The number of hydrogen-bond donors (Lipinski definition) is 1. The Morgan fingerprint density at radius 1 is 1.03 bits per heavy atom. The summed E-state index contributed by atoms with van der Waals surface area (Å²) in [5.41, 5.74) is 3.48. The standard InChI is InChI=1S/C23H22N4O2/c1-27-12-11-14(13-27)24-23(28)17-6-3-7-18-22(17)26-21-16-5-4-8-20(29-2)15(16)9-10-19(21)25-18/h3-10,14H,11-13H2,1-2H3,(H,24,28)/t14-/m1/s1. The summed E-state index contributed by atoms with van der Waals surface area (Å²) < 4.78 is 5.49. The highest BCUT2D eigenvalue weighted by Crippen LogP contribution is 2.31. The number of carbonyl (C=O) groups is 1. The molecule has 1 saturated heterocycles. The Balaban J connectivity index is 1.66. The van der Waals surface area contributed by atoms with Gasteiger partial charge in [-0.05, 0) is 50.3 Å². The van der Waals surface area contributed by atoms with E-state index in [1.807, 2.05) is 48.5 Å². The number of hydrogen-bond acceptors (Lipinski definition) is 5. The van der Waals surface area contributed by atoms with Crippen molar-refractivity contribution in [2.45, 2.75) is 12.5 Å². The van der Waals surface area contributed by atoms with Crippen LogP contribution in [0.4, 0.5) is 0 Å². The lowest BCUT2D eigenvalue weighted by molar-refractivity contribution is 0.0940. The molecule has 1 atom stereocenters. The fourth-order valence-electron chi connectivity index (χ4n) is 4.17. The third kappa shape index (κ3) is 3.06. The van der Waals surface area contributed by atoms with Crippen molar-refractivity contribution >= 4 is 38.7 Å². The monoisotopic (exact) mass is 386 g/mol. The van der Waals surface area contributed by atoms with Crippen molar-refractivity contribution in [1.82, 2.24) is 20.2 Å². The number of nitrogens with one attached hydrogen (secondary N) is 1. The molecule has 1 N–H and O–H groups in total. The number of nitrogens with zero attached hydrogens (tertiary/aromatic N) is 3. The number of carbonyl (C=O) groups excluding carboxylic acids is 1. The van der Waals surface area contributed by atoms with Gasteiger partial charge in [-0.2, -0.15) is 0 Å². The minimum atomic E-state index is -0.0950. The molecule has 0 unspecified atom stereocenters. The number of methoxy groups -OCH3 is 1. The van der Waals surface area contributed by atoms with Crippen LogP contribution in [0.1, 0.15) is 16.8 Å². The number of rotatable bonds is 3. The second kappa shape index (κ2) is 6.97. The average molecular weight is 386 g/mol. The van der Waals surface area contributed by atoms with Crippen LogP contribution >= 0.6 is 0 Å². The zero-order valence-electron chi connectivity index (χ0n) is 16.5. The van der Waals surface area contributed by atoms with Crippen LogP contribution in [0, 0.1) is 0 Å². The molecule has 0 radical (unpaired) electrons. The number of likely N-dealkylation sites (N-methyl/N-ethyl adjacent to an activating group) is 1. The minimum Gasteiger partial charge on any atom is -0.496 e. The Morgan fingerprint density at radius 2 is 1.86 bits per heavy atom. The third-order valence-electron chi connectivity index (χ3n) is 5.64. The predicted molar refractivity (Wildman–Crippen MR) is 114 cm³/mol. The second-order valence-electron chi connectivity index (χ2n) is 7.61. The van der Waals surface area contributed by atoms with Crippen LogP contribution in [0.3, 0.4) is 0 Å². The van der Waals surface area contributed by atoms with Gasteiger partial charge in [0.05, 0.1) is 29.2 Å². The van der Waals surface area contributed by atoms with Gasteiger partial charge in [-0.25, -0.2) is 9.97 Å². The van der Waals surface area contributed by atoms with Crippen LogP contribution in [-0.2, 0) is 0 Å². The van der Waals surface area contributed by atoms with Gasteiger partial charge in [0.2, 0.25) is 0 Å². The van der Waals surface area contributed by atoms with Crippen molar-refractivity contribution in [2.24, 2.45) is 0 Å². The van der Waals surface area contributed by atoms with Gasteiger partial charge in [0.15, 0.2) is 0 Å². The van der Waals surface area contributed by atoms with Gasteiger partial charge in [-0.3, -0.25) is 4.79 Å². The van der Waals surface area contributed by atoms with Crippen molar-refractivity contribution in [3.8, 4) is 5.75 Å². The number of amides is 1. The molecule has 1 aromatic heterocycles. The molecule has 4 aromatic rings. The second-order valence-corrected chi connectivity index (χ2v) is 7.61. The molecular formula is C23H22N4O2. The van der Waals surface area contributed by atoms with E-state index in [4.69, 9.17) is 14.7 Å². The Kier molecular flexibility index (Phi) is 4.28. The van der Waals surface area contributed by atoms with Crippen LogP contribution < -0.4 is 10.1 Å². The quantitative estimate of drug-likeness (QED) is 0.432. The molecule has 3 aromatic carbocycles. The molecule has 0 saturated carbocycles. The van der Waals surface area contributed by atoms with E-state index in [0.717, 1.165) is 52.6 Å². The molecular weight excluding hydrogens is 364 g/mol. The lowest BCUT2D eigenvalue weighted by Crippen LogP contribution is -2.36. The highest BCUT2D eigenvalue weighted by Gasteiger charge is 2.23. The van der Waals surface area contributed by atoms with E-state index in [1.54, 1.807) is 7.11 Å². The third-order valence-corrected chi connectivity index (χ3v) is 5.64. The van der Waals surface area contributed by atoms with Crippen molar-refractivity contribution < 1.29 is 9.53 Å². The SMILES string of the molecule is COc1cccc2c1ccc1nc3cccc(C(=O)N[C@@H]4CCN(C)C4)c3nc12. The van der Waals surface area contributed by atoms with Gasteiger partial charge in [-0.15, -0.1) is 0 Å². The highest BCUT2D eigenvalue weighted by atomic mass is 16.5. The van der Waals surface area contributed by atoms with E-state index >= 15 is 0 Å². The molecule has 5 rings (SSSR count). The normalized spacial score (nSPS) is 17.2. The maximum atomic E-state index is 13.0. The summed E-state index contributed by atoms with van der Waals surface area (Å²) in [6.07, 6.45) is 0.964. The van der Waals surface area contributed by atoms with Crippen LogP contribution in [0.25, 0.3) is 32.8 Å². The first-order chi connectivity index (χ1) is 14.1. The Bertz CT molecular complexity index is 1250. The Labute approximate surface area is 168 Å². The molecule has 1 aliphatic heterocycles. The van der Waals surface area contributed by atoms with Crippen molar-refractivity contribution in [3.05, 3.63) is 54.1 Å². The lowest BCUT2D eigenvalue weighted by Gasteiger charge is -2.14. The van der Waals surface area contributed by atoms with Crippen LogP contribution in [-0.4, -0.2) is 54.1 Å². The molecule has 0 aliphatic carbocycles. The van der Waals surface area contributed by atoms with Gasteiger partial charge in [0, 0.05) is 23.4 Å². The van der Waals surface area contributed by atoms with E-state index in [1.165, 1.54) is 0 Å². The predicted octanol–water partition coefficient (Wildman–Crippen LogP) is 3.38. The fraction of sp³-hybridized carbons (Fsp3) is 0.261. The first-order valence-corrected chi connectivity index (χ1v) is 9.79. The zero-order chi connectivity index (χ0) is 20.0. The Morgan fingerprint density at radius 3 is 2.66 bits per heavy atom. The van der Waals surface area contributed by atoms with Crippen molar-refractivity contribution in [2.75, 3.05) is 27.2 Å². The Hall–Kier alpha value is -3.25. The summed E-state index contributed by atoms with van der Waals surface area (Å²) in [6.45, 7) is 1.87. The highest BCUT2D eigenvalue weighted by molar-refractivity contribution is 6.11. The number of fused-ring (bicyclic) bond motifs is 4. The molecule has 29 heavy (non-hydrogen) atoms. The number of aromatic nitrogens is 2. The number of para-hydroxylation sites is 1. The largest absolute Gasteiger partial charge is 0.496 e. The number of benzene rings is 3. The van der Waals surface area contributed by atoms with E-state index in [2.05, 4.69) is 17.3 Å². The minimum absolute atomic E-state index is 0.0950. The summed E-state index contributed by atoms with van der Waals surface area (Å²) in [7, 11) is 3.73. The zero-order valence-corrected chi connectivity index (χ0v) is 16.5. The number of likely N-dealkylation sites (tertiary alicyclic amines) is 1. The summed E-state index contributed by atoms with van der Waals surface area (Å²) in [6, 6.07) is 15.6. The van der Waals surface area contributed by atoms with Gasteiger partial charge in [0.1, 0.15) is 11.3 Å². The van der Waals surface area contributed by atoms with E-state index < -0.39 is 0 Å². The summed E-state index contributed by atoms with van der Waals surface area (Å²) in [5.74, 6) is 0.699. The maximum Gasteiger partial charge on any atom is 0.253 e. The van der Waals surface area contributed by atoms with Crippen LogP contribution in [0.15, 0.2) is 48.5 Å². The molecule has 6 heteroatoms. The van der Waals surface area contributed by atoms with Gasteiger partial charge < -0.3 is 15.0 Å². The molecule has 1 amide bonds. The van der Waals surface area contributed by atoms with Gasteiger partial charge in [-0.1, -0.05) is 18.2 Å². The maximum absolute atomic E-state index is 13.0. The van der Waals surface area contributed by atoms with Crippen LogP contribution in [0.2, 0.25) is 0 Å². The molecule has 6 nitrogen and oxygen atoms in total. The van der Waals surface area contributed by atoms with E-state index in [-0.39, 0.29) is 11.9 Å². The van der Waals surface area contributed by atoms with Gasteiger partial charge >= 0.3 is 0 Å². The molecule has 0 spiro atoms. The first kappa shape index (κ1) is 17.8. The van der Waals surface area contributed by atoms with E-state index in [9.17, 15) is 4.79 Å². The van der Waals surface area contributed by atoms with E-state index in [0.29, 0.717) is 11.1 Å². The molecule has 2 heterocycles. The van der Waals surface area contributed by atoms with Gasteiger partial charge in [0.25, 0.3) is 5.91 Å². The summed E-state index contributed by atoms with van der Waals surface area (Å²) in [5, 5.41) is 5.09. The first-order valence-electron chi connectivity index (χ1n) is 9.79. The lowest BCUT2D eigenvalue weighted by atomic mass is 10.1. The summed E-state index contributed by atoms with van der Waals surface area (Å²) in [4.78, 5) is 24.9. The van der Waals surface area contributed by atoms with Crippen molar-refractivity contribution in [1.29, 1.82) is 0 Å². The summed E-state index contributed by atoms with van der Waals surface area (Å²) >= 11 is 0. The number of ether oxygens (including phenoxy) is 1. The smallest absolute Gasteiger partial charge is 0.253 e.